The number of benzene rings is 1. The van der Waals surface area contributed by atoms with Crippen LogP contribution in [-0.2, 0) is 6.54 Å². The first-order valence-corrected chi connectivity index (χ1v) is 4.33. The van der Waals surface area contributed by atoms with E-state index < -0.39 is 0 Å². The molecule has 0 aromatic heterocycles. The van der Waals surface area contributed by atoms with Crippen LogP contribution in [0.5, 0.6) is 0 Å². The molecule has 1 aromatic rings. The van der Waals surface area contributed by atoms with Gasteiger partial charge in [-0.3, -0.25) is 0 Å². The molecule has 1 atom stereocenters. The molecule has 1 N–H and O–H groups in total. The lowest BCUT2D eigenvalue weighted by Crippen LogP contribution is -2.11. The van der Waals surface area contributed by atoms with Gasteiger partial charge >= 0.3 is 0 Å². The van der Waals surface area contributed by atoms with Crippen molar-refractivity contribution < 1.29 is 4.39 Å². The van der Waals surface area contributed by atoms with Crippen LogP contribution in [0.2, 0.25) is 0 Å². The van der Waals surface area contributed by atoms with Crippen LogP contribution >= 0.6 is 0 Å². The van der Waals surface area contributed by atoms with Crippen LogP contribution in [0.25, 0.3) is 0 Å². The fourth-order valence-electron chi connectivity index (χ4n) is 1.81. The standard InChI is InChI=1S/C10H12FN/c1-2-9-10-7(6-12-9)4-3-5-8(10)11/h3-5,9,12H,2,6H2,1H3. The van der Waals surface area contributed by atoms with Gasteiger partial charge in [-0.25, -0.2) is 4.39 Å². The molecule has 1 aliphatic heterocycles. The quantitative estimate of drug-likeness (QED) is 0.673. The molecule has 2 rings (SSSR count). The minimum absolute atomic E-state index is 0.0654. The molecule has 0 aliphatic carbocycles. The molecule has 1 unspecified atom stereocenters. The Morgan fingerprint density at radius 3 is 3.17 bits per heavy atom. The molecule has 0 fully saturated rings. The highest BCUT2D eigenvalue weighted by Crippen LogP contribution is 2.29. The summed E-state index contributed by atoms with van der Waals surface area (Å²) in [5.74, 6) is -0.0654. The van der Waals surface area contributed by atoms with E-state index in [1.54, 1.807) is 6.07 Å². The second-order valence-electron chi connectivity index (χ2n) is 3.15. The predicted octanol–water partition coefficient (Wildman–Crippen LogP) is 2.38. The minimum atomic E-state index is -0.0654. The molecule has 2 heteroatoms. The van der Waals surface area contributed by atoms with Gasteiger partial charge in [-0.15, -0.1) is 0 Å². The Kier molecular flexibility index (Phi) is 1.85. The normalized spacial score (nSPS) is 21.0. The molecule has 0 saturated heterocycles. The van der Waals surface area contributed by atoms with Crippen LogP contribution in [0.15, 0.2) is 18.2 Å². The van der Waals surface area contributed by atoms with E-state index >= 15 is 0 Å². The molecule has 0 radical (unpaired) electrons. The molecule has 1 aromatic carbocycles. The second kappa shape index (κ2) is 2.87. The Labute approximate surface area is 71.6 Å². The highest BCUT2D eigenvalue weighted by Gasteiger charge is 2.22. The summed E-state index contributed by atoms with van der Waals surface area (Å²) in [4.78, 5) is 0. The van der Waals surface area contributed by atoms with E-state index in [1.807, 2.05) is 6.07 Å². The van der Waals surface area contributed by atoms with Crippen LogP contribution in [-0.4, -0.2) is 0 Å². The van der Waals surface area contributed by atoms with Crippen molar-refractivity contribution in [2.24, 2.45) is 0 Å². The van der Waals surface area contributed by atoms with E-state index in [0.717, 1.165) is 24.1 Å². The van der Waals surface area contributed by atoms with E-state index in [1.165, 1.54) is 6.07 Å². The SMILES string of the molecule is CCC1NCc2cccc(F)c21. The topological polar surface area (TPSA) is 12.0 Å². The number of nitrogens with one attached hydrogen (secondary N) is 1. The smallest absolute Gasteiger partial charge is 0.128 e. The molecule has 64 valence electrons. The fourth-order valence-corrected chi connectivity index (χ4v) is 1.81. The average Bonchev–Trinajstić information content (AvgIpc) is 2.49. The lowest BCUT2D eigenvalue weighted by Gasteiger charge is -2.08. The second-order valence-corrected chi connectivity index (χ2v) is 3.15. The van der Waals surface area contributed by atoms with Crippen molar-refractivity contribution in [3.63, 3.8) is 0 Å². The summed E-state index contributed by atoms with van der Waals surface area (Å²) in [6.07, 6.45) is 0.952. The first-order chi connectivity index (χ1) is 5.83. The van der Waals surface area contributed by atoms with E-state index in [0.29, 0.717) is 0 Å². The number of hydrogen-bond donors (Lipinski definition) is 1. The van der Waals surface area contributed by atoms with Gasteiger partial charge in [0.2, 0.25) is 0 Å². The Hall–Kier alpha value is -0.890. The van der Waals surface area contributed by atoms with Gasteiger partial charge in [0.1, 0.15) is 5.82 Å². The van der Waals surface area contributed by atoms with E-state index in [-0.39, 0.29) is 11.9 Å². The van der Waals surface area contributed by atoms with Gasteiger partial charge in [-0.2, -0.15) is 0 Å². The van der Waals surface area contributed by atoms with Crippen molar-refractivity contribution in [1.82, 2.24) is 5.32 Å². The summed E-state index contributed by atoms with van der Waals surface area (Å²) in [5.41, 5.74) is 1.99. The number of halogens is 1. The lowest BCUT2D eigenvalue weighted by molar-refractivity contribution is 0.532. The summed E-state index contributed by atoms with van der Waals surface area (Å²) in [6.45, 7) is 2.88. The Balaban J connectivity index is 2.48. The molecule has 12 heavy (non-hydrogen) atoms. The van der Waals surface area contributed by atoms with Gasteiger partial charge in [0.25, 0.3) is 0 Å². The summed E-state index contributed by atoms with van der Waals surface area (Å²) in [5, 5.41) is 3.27. The van der Waals surface area contributed by atoms with Crippen LogP contribution in [0.4, 0.5) is 4.39 Å². The largest absolute Gasteiger partial charge is 0.306 e. The van der Waals surface area contributed by atoms with Crippen LogP contribution in [0, 0.1) is 5.82 Å². The van der Waals surface area contributed by atoms with Gasteiger partial charge in [0, 0.05) is 18.2 Å². The third-order valence-corrected chi connectivity index (χ3v) is 2.44. The Bertz CT molecular complexity index is 296. The van der Waals surface area contributed by atoms with Gasteiger partial charge in [0.15, 0.2) is 0 Å². The molecular formula is C10H12FN. The molecule has 1 aliphatic rings. The minimum Gasteiger partial charge on any atom is -0.306 e. The summed E-state index contributed by atoms with van der Waals surface area (Å²) in [6, 6.07) is 5.52. The van der Waals surface area contributed by atoms with E-state index in [9.17, 15) is 4.39 Å². The van der Waals surface area contributed by atoms with Gasteiger partial charge in [-0.1, -0.05) is 19.1 Å². The van der Waals surface area contributed by atoms with Crippen molar-refractivity contribution in [1.29, 1.82) is 0 Å². The molecule has 0 bridgehead atoms. The maximum Gasteiger partial charge on any atom is 0.128 e. The highest BCUT2D eigenvalue weighted by molar-refractivity contribution is 5.34. The first kappa shape index (κ1) is 7.74. The third kappa shape index (κ3) is 1.03. The zero-order chi connectivity index (χ0) is 8.55. The molecule has 0 spiro atoms. The zero-order valence-electron chi connectivity index (χ0n) is 7.10. The van der Waals surface area contributed by atoms with E-state index in [2.05, 4.69) is 12.2 Å². The van der Waals surface area contributed by atoms with Crippen molar-refractivity contribution >= 4 is 0 Å². The summed E-state index contributed by atoms with van der Waals surface area (Å²) < 4.78 is 13.3. The predicted molar refractivity (Wildman–Crippen MR) is 46.3 cm³/mol. The number of fused-ring (bicyclic) bond motifs is 1. The molecule has 0 amide bonds. The van der Waals surface area contributed by atoms with Crippen LogP contribution in [0.1, 0.15) is 30.5 Å². The van der Waals surface area contributed by atoms with Crippen molar-refractivity contribution in [2.45, 2.75) is 25.9 Å². The van der Waals surface area contributed by atoms with Gasteiger partial charge in [0.05, 0.1) is 0 Å². The zero-order valence-corrected chi connectivity index (χ0v) is 7.10. The summed E-state index contributed by atoms with van der Waals surface area (Å²) >= 11 is 0. The summed E-state index contributed by atoms with van der Waals surface area (Å²) in [7, 11) is 0. The Morgan fingerprint density at radius 1 is 1.58 bits per heavy atom. The molecular weight excluding hydrogens is 153 g/mol. The van der Waals surface area contributed by atoms with Crippen LogP contribution in [0.3, 0.4) is 0 Å². The maximum absolute atomic E-state index is 13.3. The van der Waals surface area contributed by atoms with E-state index in [4.69, 9.17) is 0 Å². The molecule has 0 saturated carbocycles. The molecule has 1 heterocycles. The van der Waals surface area contributed by atoms with Crippen molar-refractivity contribution in [2.75, 3.05) is 0 Å². The highest BCUT2D eigenvalue weighted by atomic mass is 19.1. The van der Waals surface area contributed by atoms with Gasteiger partial charge < -0.3 is 5.32 Å². The lowest BCUT2D eigenvalue weighted by atomic mass is 10.0. The van der Waals surface area contributed by atoms with Crippen LogP contribution < -0.4 is 5.32 Å². The Morgan fingerprint density at radius 2 is 2.42 bits per heavy atom. The number of hydrogen-bond acceptors (Lipinski definition) is 1. The average molecular weight is 165 g/mol. The monoisotopic (exact) mass is 165 g/mol. The van der Waals surface area contributed by atoms with Crippen molar-refractivity contribution in [3.05, 3.63) is 35.1 Å². The number of rotatable bonds is 1. The third-order valence-electron chi connectivity index (χ3n) is 2.44. The van der Waals surface area contributed by atoms with Gasteiger partial charge in [-0.05, 0) is 18.1 Å². The maximum atomic E-state index is 13.3. The molecule has 1 nitrogen and oxygen atoms in total. The van der Waals surface area contributed by atoms with Crippen molar-refractivity contribution in [3.8, 4) is 0 Å². The fraction of sp³-hybridized carbons (Fsp3) is 0.400. The first-order valence-electron chi connectivity index (χ1n) is 4.33.